The molecule has 22 heavy (non-hydrogen) atoms. The zero-order valence-electron chi connectivity index (χ0n) is 12.5. The number of nitrogens with zero attached hydrogens (tertiary/aromatic N) is 2. The molecule has 0 unspecified atom stereocenters. The summed E-state index contributed by atoms with van der Waals surface area (Å²) in [6, 6.07) is 6.68. The van der Waals surface area contributed by atoms with Crippen LogP contribution in [0, 0.1) is 6.92 Å². The van der Waals surface area contributed by atoms with Crippen LogP contribution in [0.2, 0.25) is 5.02 Å². The van der Waals surface area contributed by atoms with Crippen LogP contribution in [0.3, 0.4) is 0 Å². The number of benzene rings is 1. The van der Waals surface area contributed by atoms with Crippen LogP contribution in [0.5, 0.6) is 0 Å². The molecule has 1 aliphatic rings. The molecule has 0 aliphatic carbocycles. The van der Waals surface area contributed by atoms with E-state index in [0.717, 1.165) is 36.5 Å². The molecule has 1 aromatic carbocycles. The molecule has 118 valence electrons. The second-order valence-electron chi connectivity index (χ2n) is 5.70. The van der Waals surface area contributed by atoms with Crippen LogP contribution in [0.4, 0.5) is 5.69 Å². The summed E-state index contributed by atoms with van der Waals surface area (Å²) in [5.41, 5.74) is 2.03. The molecule has 3 rings (SSSR count). The van der Waals surface area contributed by atoms with Crippen LogP contribution in [0.15, 0.2) is 23.0 Å². The van der Waals surface area contributed by atoms with Gasteiger partial charge in [-0.2, -0.15) is 5.10 Å². The summed E-state index contributed by atoms with van der Waals surface area (Å²) in [6.45, 7) is 4.59. The van der Waals surface area contributed by atoms with Crippen molar-refractivity contribution in [2.75, 3.05) is 18.0 Å². The molecule has 6 nitrogen and oxygen atoms in total. The molecule has 0 bridgehead atoms. The highest BCUT2D eigenvalue weighted by Gasteiger charge is 2.19. The van der Waals surface area contributed by atoms with Crippen LogP contribution in [-0.2, 0) is 6.54 Å². The van der Waals surface area contributed by atoms with E-state index in [-0.39, 0.29) is 5.69 Å². The van der Waals surface area contributed by atoms with Crippen molar-refractivity contribution in [3.05, 3.63) is 45.1 Å². The van der Waals surface area contributed by atoms with Crippen molar-refractivity contribution in [3.8, 4) is 0 Å². The predicted molar refractivity (Wildman–Crippen MR) is 87.5 cm³/mol. The average molecular weight is 322 g/mol. The van der Waals surface area contributed by atoms with Crippen molar-refractivity contribution in [2.45, 2.75) is 32.4 Å². The van der Waals surface area contributed by atoms with Crippen molar-refractivity contribution in [1.82, 2.24) is 20.5 Å². The fourth-order valence-electron chi connectivity index (χ4n) is 2.75. The van der Waals surface area contributed by atoms with Gasteiger partial charge in [0.15, 0.2) is 0 Å². The van der Waals surface area contributed by atoms with E-state index >= 15 is 0 Å². The van der Waals surface area contributed by atoms with Gasteiger partial charge in [-0.1, -0.05) is 17.7 Å². The number of halogens is 1. The third-order valence-electron chi connectivity index (χ3n) is 4.12. The number of hydrogen-bond acceptors (Lipinski definition) is 4. The third kappa shape index (κ3) is 3.51. The molecule has 1 aromatic heterocycles. The number of aromatic amines is 2. The highest BCUT2D eigenvalue weighted by molar-refractivity contribution is 6.31. The van der Waals surface area contributed by atoms with E-state index in [0.29, 0.717) is 18.4 Å². The lowest BCUT2D eigenvalue weighted by atomic mass is 10.0. The maximum Gasteiger partial charge on any atom is 0.340 e. The number of aryl methyl sites for hydroxylation is 1. The number of hydrogen-bond donors (Lipinski definition) is 3. The fourth-order valence-corrected chi connectivity index (χ4v) is 2.93. The van der Waals surface area contributed by atoms with Gasteiger partial charge >= 0.3 is 5.69 Å². The Hall–Kier alpha value is -1.79. The van der Waals surface area contributed by atoms with Crippen molar-refractivity contribution < 1.29 is 0 Å². The van der Waals surface area contributed by atoms with Crippen molar-refractivity contribution in [2.24, 2.45) is 0 Å². The maximum atomic E-state index is 11.0. The molecule has 0 radical (unpaired) electrons. The Morgan fingerprint density at radius 3 is 2.82 bits per heavy atom. The summed E-state index contributed by atoms with van der Waals surface area (Å²) in [4.78, 5) is 16.0. The highest BCUT2D eigenvalue weighted by atomic mass is 35.5. The molecule has 0 spiro atoms. The standard InChI is InChI=1S/C15H20ClN5O/c1-10-2-3-12(8-13(10)16)21-6-4-11(5-7-21)17-9-14-18-15(22)20-19-14/h2-3,8,11,17H,4-7,9H2,1H3,(H2,18,19,20,22). The van der Waals surface area contributed by atoms with Gasteiger partial charge in [0.1, 0.15) is 5.82 Å². The molecule has 2 heterocycles. The summed E-state index contributed by atoms with van der Waals surface area (Å²) in [5, 5.41) is 10.5. The lowest BCUT2D eigenvalue weighted by Gasteiger charge is -2.34. The van der Waals surface area contributed by atoms with Crippen molar-refractivity contribution >= 4 is 17.3 Å². The number of H-pyrrole nitrogens is 2. The molecule has 1 fully saturated rings. The van der Waals surface area contributed by atoms with Gasteiger partial charge in [0, 0.05) is 29.8 Å². The van der Waals surface area contributed by atoms with Crippen LogP contribution in [-0.4, -0.2) is 34.3 Å². The Labute approximate surface area is 133 Å². The SMILES string of the molecule is Cc1ccc(N2CCC(NCc3n[nH]c(=O)[nH]3)CC2)cc1Cl. The van der Waals surface area contributed by atoms with E-state index in [1.807, 2.05) is 13.0 Å². The Kier molecular flexibility index (Phi) is 4.49. The molecule has 0 saturated carbocycles. The van der Waals surface area contributed by atoms with Gasteiger partial charge in [-0.25, -0.2) is 9.89 Å². The van der Waals surface area contributed by atoms with E-state index in [4.69, 9.17) is 11.6 Å². The minimum atomic E-state index is -0.261. The van der Waals surface area contributed by atoms with Gasteiger partial charge in [-0.3, -0.25) is 4.98 Å². The molecule has 1 saturated heterocycles. The highest BCUT2D eigenvalue weighted by Crippen LogP contribution is 2.25. The first-order chi connectivity index (χ1) is 10.6. The Bertz CT molecular complexity index is 687. The van der Waals surface area contributed by atoms with E-state index in [2.05, 4.69) is 37.5 Å². The first-order valence-corrected chi connectivity index (χ1v) is 7.87. The number of piperidine rings is 1. The molecule has 1 aliphatic heterocycles. The van der Waals surface area contributed by atoms with Gasteiger partial charge in [-0.05, 0) is 37.5 Å². The first-order valence-electron chi connectivity index (χ1n) is 7.50. The number of nitrogens with one attached hydrogen (secondary N) is 3. The summed E-state index contributed by atoms with van der Waals surface area (Å²) >= 11 is 6.20. The molecular weight excluding hydrogens is 302 g/mol. The zero-order valence-corrected chi connectivity index (χ0v) is 13.3. The maximum absolute atomic E-state index is 11.0. The topological polar surface area (TPSA) is 76.8 Å². The Morgan fingerprint density at radius 2 is 2.18 bits per heavy atom. The molecule has 7 heteroatoms. The summed E-state index contributed by atoms with van der Waals surface area (Å²) < 4.78 is 0. The van der Waals surface area contributed by atoms with E-state index < -0.39 is 0 Å². The van der Waals surface area contributed by atoms with E-state index in [1.54, 1.807) is 0 Å². The van der Waals surface area contributed by atoms with Gasteiger partial charge in [-0.15, -0.1) is 0 Å². The number of aromatic nitrogens is 3. The Balaban J connectivity index is 1.51. The monoisotopic (exact) mass is 321 g/mol. The third-order valence-corrected chi connectivity index (χ3v) is 4.53. The number of rotatable bonds is 4. The van der Waals surface area contributed by atoms with Gasteiger partial charge in [0.25, 0.3) is 0 Å². The summed E-state index contributed by atoms with van der Waals surface area (Å²) in [7, 11) is 0. The largest absolute Gasteiger partial charge is 0.371 e. The molecule has 3 N–H and O–H groups in total. The van der Waals surface area contributed by atoms with Gasteiger partial charge in [0.2, 0.25) is 0 Å². The average Bonchev–Trinajstić information content (AvgIpc) is 2.94. The van der Waals surface area contributed by atoms with Crippen LogP contribution in [0.1, 0.15) is 24.2 Å². The first kappa shape index (κ1) is 15.1. The number of anilines is 1. The quantitative estimate of drug-likeness (QED) is 0.803. The zero-order chi connectivity index (χ0) is 15.5. The van der Waals surface area contributed by atoms with Crippen LogP contribution in [0.25, 0.3) is 0 Å². The van der Waals surface area contributed by atoms with Crippen molar-refractivity contribution in [1.29, 1.82) is 0 Å². The fraction of sp³-hybridized carbons (Fsp3) is 0.467. The minimum absolute atomic E-state index is 0.261. The summed E-state index contributed by atoms with van der Waals surface area (Å²) in [5.74, 6) is 0.651. The van der Waals surface area contributed by atoms with Crippen LogP contribution < -0.4 is 15.9 Å². The van der Waals surface area contributed by atoms with Crippen molar-refractivity contribution in [3.63, 3.8) is 0 Å². The van der Waals surface area contributed by atoms with Gasteiger partial charge < -0.3 is 10.2 Å². The molecule has 2 aromatic rings. The van der Waals surface area contributed by atoms with Gasteiger partial charge in [0.05, 0.1) is 6.54 Å². The molecule has 0 amide bonds. The van der Waals surface area contributed by atoms with Crippen LogP contribution >= 0.6 is 11.6 Å². The Morgan fingerprint density at radius 1 is 1.41 bits per heavy atom. The second-order valence-corrected chi connectivity index (χ2v) is 6.11. The second kappa shape index (κ2) is 6.54. The molecule has 0 atom stereocenters. The smallest absolute Gasteiger partial charge is 0.340 e. The lowest BCUT2D eigenvalue weighted by Crippen LogP contribution is -2.42. The summed E-state index contributed by atoms with van der Waals surface area (Å²) in [6.07, 6.45) is 2.11. The predicted octanol–water partition coefficient (Wildman–Crippen LogP) is 1.82. The molecular formula is C15H20ClN5O. The van der Waals surface area contributed by atoms with E-state index in [9.17, 15) is 4.79 Å². The lowest BCUT2D eigenvalue weighted by molar-refractivity contribution is 0.410. The van der Waals surface area contributed by atoms with E-state index in [1.165, 1.54) is 5.69 Å². The normalized spacial score (nSPS) is 16.2. The minimum Gasteiger partial charge on any atom is -0.371 e.